The van der Waals surface area contributed by atoms with Crippen LogP contribution in [0.2, 0.25) is 5.28 Å². The lowest BCUT2D eigenvalue weighted by Gasteiger charge is -2.10. The minimum absolute atomic E-state index is 0.257. The van der Waals surface area contributed by atoms with Crippen LogP contribution < -0.4 is 0 Å². The largest absolute Gasteiger partial charge is 0.306 e. The predicted octanol–water partition coefficient (Wildman–Crippen LogP) is 5.89. The summed E-state index contributed by atoms with van der Waals surface area (Å²) in [6.07, 6.45) is 0. The first-order valence-electron chi connectivity index (χ1n) is 8.40. The van der Waals surface area contributed by atoms with Gasteiger partial charge in [0.1, 0.15) is 5.52 Å². The Morgan fingerprint density at radius 3 is 2.12 bits per heavy atom. The summed E-state index contributed by atoms with van der Waals surface area (Å²) < 4.78 is 2.21. The quantitative estimate of drug-likeness (QED) is 0.369. The van der Waals surface area contributed by atoms with E-state index in [9.17, 15) is 0 Å². The molecule has 0 bridgehead atoms. The van der Waals surface area contributed by atoms with E-state index in [-0.39, 0.29) is 5.28 Å². The second-order valence-corrected chi connectivity index (χ2v) is 6.43. The van der Waals surface area contributed by atoms with Gasteiger partial charge < -0.3 is 4.57 Å². The summed E-state index contributed by atoms with van der Waals surface area (Å²) in [5.74, 6) is 0. The standard InChI is InChI=1S/C22H14ClN3/c23-22-24-19(15-9-3-1-4-10-15)21-20(25-22)17-13-7-8-14-18(17)26(21)16-11-5-2-6-12-16/h1-14H. The first kappa shape index (κ1) is 15.1. The summed E-state index contributed by atoms with van der Waals surface area (Å²) >= 11 is 6.30. The number of hydrogen-bond donors (Lipinski definition) is 0. The van der Waals surface area contributed by atoms with E-state index in [0.717, 1.165) is 38.9 Å². The molecule has 2 heterocycles. The molecule has 0 N–H and O–H groups in total. The molecule has 3 nitrogen and oxygen atoms in total. The zero-order valence-corrected chi connectivity index (χ0v) is 14.6. The van der Waals surface area contributed by atoms with Gasteiger partial charge in [-0.3, -0.25) is 0 Å². The average Bonchev–Trinajstić information content (AvgIpc) is 3.03. The van der Waals surface area contributed by atoms with Gasteiger partial charge >= 0.3 is 0 Å². The highest BCUT2D eigenvalue weighted by atomic mass is 35.5. The van der Waals surface area contributed by atoms with Gasteiger partial charge in [-0.25, -0.2) is 9.97 Å². The Morgan fingerprint density at radius 1 is 0.692 bits per heavy atom. The molecule has 124 valence electrons. The van der Waals surface area contributed by atoms with E-state index in [1.54, 1.807) is 0 Å². The highest BCUT2D eigenvalue weighted by molar-refractivity contribution is 6.29. The fourth-order valence-electron chi connectivity index (χ4n) is 3.46. The van der Waals surface area contributed by atoms with Crippen LogP contribution in [0.5, 0.6) is 0 Å². The molecule has 0 radical (unpaired) electrons. The number of nitrogens with zero attached hydrogens (tertiary/aromatic N) is 3. The van der Waals surface area contributed by atoms with Crippen molar-refractivity contribution in [1.82, 2.24) is 14.5 Å². The van der Waals surface area contributed by atoms with Crippen LogP contribution in [0.1, 0.15) is 0 Å². The lowest BCUT2D eigenvalue weighted by atomic mass is 10.1. The fraction of sp³-hybridized carbons (Fsp3) is 0. The maximum Gasteiger partial charge on any atom is 0.223 e. The van der Waals surface area contributed by atoms with Gasteiger partial charge in [0.05, 0.1) is 16.7 Å². The maximum absolute atomic E-state index is 6.30. The van der Waals surface area contributed by atoms with E-state index in [1.165, 1.54) is 0 Å². The van der Waals surface area contributed by atoms with Crippen molar-refractivity contribution >= 4 is 33.5 Å². The van der Waals surface area contributed by atoms with Crippen LogP contribution in [0, 0.1) is 0 Å². The Labute approximate surface area is 155 Å². The third kappa shape index (κ3) is 2.29. The van der Waals surface area contributed by atoms with Crippen LogP contribution in [-0.2, 0) is 0 Å². The number of hydrogen-bond acceptors (Lipinski definition) is 2. The number of benzene rings is 3. The Morgan fingerprint density at radius 2 is 1.35 bits per heavy atom. The van der Waals surface area contributed by atoms with Crippen molar-refractivity contribution in [3.05, 3.63) is 90.2 Å². The lowest BCUT2D eigenvalue weighted by Crippen LogP contribution is -1.98. The van der Waals surface area contributed by atoms with Crippen LogP contribution in [0.15, 0.2) is 84.9 Å². The minimum Gasteiger partial charge on any atom is -0.306 e. The summed E-state index contributed by atoms with van der Waals surface area (Å²) in [6.45, 7) is 0. The molecule has 0 fully saturated rings. The smallest absolute Gasteiger partial charge is 0.223 e. The number of rotatable bonds is 2. The van der Waals surface area contributed by atoms with Crippen molar-refractivity contribution in [2.75, 3.05) is 0 Å². The number of aromatic nitrogens is 3. The van der Waals surface area contributed by atoms with Crippen LogP contribution in [-0.4, -0.2) is 14.5 Å². The van der Waals surface area contributed by atoms with Crippen LogP contribution in [0.25, 0.3) is 38.9 Å². The number of halogens is 1. The highest BCUT2D eigenvalue weighted by Crippen LogP contribution is 2.36. The molecule has 26 heavy (non-hydrogen) atoms. The third-order valence-corrected chi connectivity index (χ3v) is 4.71. The van der Waals surface area contributed by atoms with Gasteiger partial charge in [0.2, 0.25) is 5.28 Å². The zero-order chi connectivity index (χ0) is 17.5. The van der Waals surface area contributed by atoms with Gasteiger partial charge in [0, 0.05) is 16.6 Å². The Balaban J connectivity index is 2.02. The lowest BCUT2D eigenvalue weighted by molar-refractivity contribution is 1.15. The molecular weight excluding hydrogens is 342 g/mol. The molecule has 0 aliphatic heterocycles. The second-order valence-electron chi connectivity index (χ2n) is 6.09. The molecule has 0 aliphatic carbocycles. The van der Waals surface area contributed by atoms with E-state index in [1.807, 2.05) is 60.7 Å². The molecule has 0 unspecified atom stereocenters. The van der Waals surface area contributed by atoms with E-state index in [4.69, 9.17) is 11.6 Å². The van der Waals surface area contributed by atoms with Crippen LogP contribution in [0.4, 0.5) is 0 Å². The molecule has 5 rings (SSSR count). The third-order valence-electron chi connectivity index (χ3n) is 4.54. The van der Waals surface area contributed by atoms with Crippen LogP contribution >= 0.6 is 11.6 Å². The van der Waals surface area contributed by atoms with Gasteiger partial charge in [0.15, 0.2) is 0 Å². The van der Waals surface area contributed by atoms with Crippen molar-refractivity contribution in [3.8, 4) is 16.9 Å². The highest BCUT2D eigenvalue weighted by Gasteiger charge is 2.19. The molecule has 0 aliphatic rings. The van der Waals surface area contributed by atoms with Crippen molar-refractivity contribution in [2.24, 2.45) is 0 Å². The van der Waals surface area contributed by atoms with Crippen molar-refractivity contribution in [1.29, 1.82) is 0 Å². The van der Waals surface area contributed by atoms with Crippen molar-refractivity contribution < 1.29 is 0 Å². The maximum atomic E-state index is 6.30. The Kier molecular flexibility index (Phi) is 3.47. The summed E-state index contributed by atoms with van der Waals surface area (Å²) in [5, 5.41) is 1.32. The van der Waals surface area contributed by atoms with E-state index in [0.29, 0.717) is 0 Å². The van der Waals surface area contributed by atoms with Gasteiger partial charge in [-0.2, -0.15) is 0 Å². The van der Waals surface area contributed by atoms with Crippen molar-refractivity contribution in [2.45, 2.75) is 0 Å². The van der Waals surface area contributed by atoms with Crippen LogP contribution in [0.3, 0.4) is 0 Å². The van der Waals surface area contributed by atoms with Gasteiger partial charge in [-0.15, -0.1) is 0 Å². The van der Waals surface area contributed by atoms with Gasteiger partial charge in [-0.05, 0) is 29.8 Å². The molecule has 5 aromatic rings. The van der Waals surface area contributed by atoms with Gasteiger partial charge in [-0.1, -0.05) is 66.7 Å². The predicted molar refractivity (Wildman–Crippen MR) is 107 cm³/mol. The summed E-state index contributed by atoms with van der Waals surface area (Å²) in [7, 11) is 0. The Hall–Kier alpha value is -3.17. The molecular formula is C22H14ClN3. The van der Waals surface area contributed by atoms with E-state index in [2.05, 4.69) is 38.8 Å². The summed E-state index contributed by atoms with van der Waals surface area (Å²) in [4.78, 5) is 9.16. The van der Waals surface area contributed by atoms with E-state index >= 15 is 0 Å². The molecule has 0 amide bonds. The summed E-state index contributed by atoms with van der Waals surface area (Å²) in [6, 6.07) is 28.6. The fourth-order valence-corrected chi connectivity index (χ4v) is 3.63. The van der Waals surface area contributed by atoms with E-state index < -0.39 is 0 Å². The van der Waals surface area contributed by atoms with Gasteiger partial charge in [0.25, 0.3) is 0 Å². The normalized spacial score (nSPS) is 11.3. The second kappa shape index (κ2) is 5.97. The molecule has 0 saturated carbocycles. The first-order valence-corrected chi connectivity index (χ1v) is 8.78. The molecule has 4 heteroatoms. The SMILES string of the molecule is Clc1nc(-c2ccccc2)c2c(n1)c1ccccc1n2-c1ccccc1. The molecule has 0 saturated heterocycles. The minimum atomic E-state index is 0.257. The molecule has 2 aromatic heterocycles. The Bertz CT molecular complexity index is 1230. The topological polar surface area (TPSA) is 30.7 Å². The molecule has 0 spiro atoms. The summed E-state index contributed by atoms with van der Waals surface area (Å²) in [5.41, 5.74) is 5.84. The zero-order valence-electron chi connectivity index (χ0n) is 13.8. The first-order chi connectivity index (χ1) is 12.8. The number of para-hydroxylation sites is 2. The average molecular weight is 356 g/mol. The monoisotopic (exact) mass is 355 g/mol. The molecule has 3 aromatic carbocycles. The molecule has 0 atom stereocenters. The van der Waals surface area contributed by atoms with Crippen molar-refractivity contribution in [3.63, 3.8) is 0 Å². The number of fused-ring (bicyclic) bond motifs is 3.